The molecule has 4 N–H and O–H groups in total. The largest absolute Gasteiger partial charge is 0.450 e. The highest BCUT2D eigenvalue weighted by Crippen LogP contribution is 2.34. The molecule has 0 saturated heterocycles. The minimum atomic E-state index is -1.20. The maximum absolute atomic E-state index is 14.7. The SMILES string of the molecule is C[Si](C)(C)CCOCn1ccc2c(Oc3c(F)cc(NC(=O)NCCC(N)=O)cc3F)ccnc21. The number of carbonyl (C=O) groups excluding carboxylic acids is 2. The van der Waals surface area contributed by atoms with Gasteiger partial charge in [0.1, 0.15) is 18.1 Å². The fourth-order valence-corrected chi connectivity index (χ4v) is 3.87. The summed E-state index contributed by atoms with van der Waals surface area (Å²) < 4.78 is 42.5. The molecule has 0 bridgehead atoms. The summed E-state index contributed by atoms with van der Waals surface area (Å²) >= 11 is 0. The van der Waals surface area contributed by atoms with Gasteiger partial charge in [0.25, 0.3) is 0 Å². The molecular weight excluding hydrogens is 476 g/mol. The van der Waals surface area contributed by atoms with Crippen LogP contribution in [0.4, 0.5) is 19.3 Å². The van der Waals surface area contributed by atoms with E-state index in [0.29, 0.717) is 24.4 Å². The number of rotatable bonds is 11. The Bertz CT molecular complexity index is 1190. The molecule has 1 aromatic carbocycles. The number of primary amides is 1. The second-order valence-corrected chi connectivity index (χ2v) is 14.8. The van der Waals surface area contributed by atoms with E-state index < -0.39 is 37.4 Å². The van der Waals surface area contributed by atoms with Gasteiger partial charge in [-0.2, -0.15) is 0 Å². The zero-order valence-corrected chi connectivity index (χ0v) is 20.9. The van der Waals surface area contributed by atoms with Gasteiger partial charge in [-0.05, 0) is 18.2 Å². The third kappa shape index (κ3) is 7.49. The van der Waals surface area contributed by atoms with Crippen molar-refractivity contribution in [3.63, 3.8) is 0 Å². The summed E-state index contributed by atoms with van der Waals surface area (Å²) in [4.78, 5) is 26.9. The number of carbonyl (C=O) groups is 2. The number of pyridine rings is 1. The van der Waals surface area contributed by atoms with Crippen LogP contribution in [0.15, 0.2) is 36.7 Å². The van der Waals surface area contributed by atoms with Crippen molar-refractivity contribution in [1.82, 2.24) is 14.9 Å². The lowest BCUT2D eigenvalue weighted by atomic mass is 10.2. The van der Waals surface area contributed by atoms with Crippen LogP contribution in [0.2, 0.25) is 25.7 Å². The van der Waals surface area contributed by atoms with E-state index in [1.165, 1.54) is 12.3 Å². The number of aromatic nitrogens is 2. The fraction of sp³-hybridized carbons (Fsp3) is 0.348. The first kappa shape index (κ1) is 26.1. The monoisotopic (exact) mass is 505 g/mol. The second-order valence-electron chi connectivity index (χ2n) is 9.15. The van der Waals surface area contributed by atoms with Gasteiger partial charge in [0.15, 0.2) is 17.4 Å². The average Bonchev–Trinajstić information content (AvgIpc) is 3.17. The van der Waals surface area contributed by atoms with E-state index in [9.17, 15) is 18.4 Å². The van der Waals surface area contributed by atoms with E-state index in [-0.39, 0.29) is 24.4 Å². The molecule has 3 amide bonds. The predicted octanol–water partition coefficient (Wildman–Crippen LogP) is 4.42. The molecule has 0 atom stereocenters. The molecule has 0 spiro atoms. The first-order valence-corrected chi connectivity index (χ1v) is 14.8. The van der Waals surface area contributed by atoms with Gasteiger partial charge in [0, 0.05) is 57.9 Å². The molecular formula is C23H29F2N5O4Si. The highest BCUT2D eigenvalue weighted by Gasteiger charge is 2.18. The number of anilines is 1. The molecule has 9 nitrogen and oxygen atoms in total. The summed E-state index contributed by atoms with van der Waals surface area (Å²) in [5.41, 5.74) is 5.43. The number of nitrogens with zero attached hydrogens (tertiary/aromatic N) is 2. The summed E-state index contributed by atoms with van der Waals surface area (Å²) in [6.07, 6.45) is 3.20. The van der Waals surface area contributed by atoms with Crippen LogP contribution < -0.4 is 21.1 Å². The average molecular weight is 506 g/mol. The van der Waals surface area contributed by atoms with Gasteiger partial charge >= 0.3 is 6.03 Å². The molecule has 0 aliphatic carbocycles. The minimum Gasteiger partial charge on any atom is -0.450 e. The zero-order chi connectivity index (χ0) is 25.6. The lowest BCUT2D eigenvalue weighted by Gasteiger charge is -2.15. The van der Waals surface area contributed by atoms with E-state index in [1.807, 2.05) is 0 Å². The Hall–Kier alpha value is -3.51. The summed E-state index contributed by atoms with van der Waals surface area (Å²) in [7, 11) is -1.20. The van der Waals surface area contributed by atoms with Crippen LogP contribution in [0.5, 0.6) is 11.5 Å². The lowest BCUT2D eigenvalue weighted by Crippen LogP contribution is -2.31. The second kappa shape index (κ2) is 11.3. The smallest absolute Gasteiger partial charge is 0.319 e. The number of ether oxygens (including phenoxy) is 2. The van der Waals surface area contributed by atoms with Crippen molar-refractivity contribution in [2.24, 2.45) is 5.73 Å². The van der Waals surface area contributed by atoms with E-state index in [1.54, 1.807) is 16.8 Å². The molecule has 12 heteroatoms. The van der Waals surface area contributed by atoms with Crippen molar-refractivity contribution < 1.29 is 27.8 Å². The number of nitrogens with two attached hydrogens (primary N) is 1. The van der Waals surface area contributed by atoms with Gasteiger partial charge in [0.05, 0.1) is 5.39 Å². The number of benzene rings is 1. The Kier molecular flexibility index (Phi) is 8.41. The minimum absolute atomic E-state index is 0.00558. The van der Waals surface area contributed by atoms with Gasteiger partial charge in [0.2, 0.25) is 5.91 Å². The Morgan fingerprint density at radius 2 is 1.89 bits per heavy atom. The van der Waals surface area contributed by atoms with Gasteiger partial charge in [-0.15, -0.1) is 0 Å². The Labute approximate surface area is 202 Å². The normalized spacial score (nSPS) is 11.5. The molecule has 35 heavy (non-hydrogen) atoms. The summed E-state index contributed by atoms with van der Waals surface area (Å²) in [6, 6.07) is 5.41. The van der Waals surface area contributed by atoms with Crippen LogP contribution in [0.25, 0.3) is 11.0 Å². The van der Waals surface area contributed by atoms with Crippen molar-refractivity contribution in [3.8, 4) is 11.5 Å². The highest BCUT2D eigenvalue weighted by molar-refractivity contribution is 6.76. The number of halogens is 2. The van der Waals surface area contributed by atoms with Crippen LogP contribution in [0.1, 0.15) is 6.42 Å². The van der Waals surface area contributed by atoms with Crippen LogP contribution in [-0.2, 0) is 16.3 Å². The molecule has 0 unspecified atom stereocenters. The molecule has 188 valence electrons. The van der Waals surface area contributed by atoms with Crippen LogP contribution in [0.3, 0.4) is 0 Å². The van der Waals surface area contributed by atoms with E-state index >= 15 is 0 Å². The molecule has 2 heterocycles. The maximum atomic E-state index is 14.7. The molecule has 0 aliphatic heterocycles. The molecule has 0 fully saturated rings. The first-order valence-electron chi connectivity index (χ1n) is 11.0. The summed E-state index contributed by atoms with van der Waals surface area (Å²) in [5, 5.41) is 5.22. The van der Waals surface area contributed by atoms with Gasteiger partial charge in [-0.1, -0.05) is 19.6 Å². The topological polar surface area (TPSA) is 120 Å². The third-order valence-electron chi connectivity index (χ3n) is 4.97. The third-order valence-corrected chi connectivity index (χ3v) is 6.68. The molecule has 0 aliphatic rings. The van der Waals surface area contributed by atoms with Crippen molar-refractivity contribution >= 4 is 36.7 Å². The lowest BCUT2D eigenvalue weighted by molar-refractivity contribution is -0.117. The number of hydrogen-bond donors (Lipinski definition) is 3. The van der Waals surface area contributed by atoms with E-state index in [2.05, 4.69) is 35.3 Å². The van der Waals surface area contributed by atoms with Crippen molar-refractivity contribution in [2.45, 2.75) is 38.8 Å². The highest BCUT2D eigenvalue weighted by atomic mass is 28.3. The Balaban J connectivity index is 1.70. The van der Waals surface area contributed by atoms with E-state index in [4.69, 9.17) is 15.2 Å². The van der Waals surface area contributed by atoms with Crippen LogP contribution in [-0.4, -0.2) is 42.7 Å². The number of amides is 3. The first-order chi connectivity index (χ1) is 16.5. The van der Waals surface area contributed by atoms with E-state index in [0.717, 1.165) is 18.2 Å². The maximum Gasteiger partial charge on any atom is 0.319 e. The summed E-state index contributed by atoms with van der Waals surface area (Å²) in [6.45, 7) is 7.76. The van der Waals surface area contributed by atoms with Gasteiger partial charge < -0.3 is 30.4 Å². The molecule has 0 saturated carbocycles. The van der Waals surface area contributed by atoms with Gasteiger partial charge in [-0.3, -0.25) is 4.79 Å². The van der Waals surface area contributed by atoms with Gasteiger partial charge in [-0.25, -0.2) is 18.6 Å². The number of fused-ring (bicyclic) bond motifs is 1. The quantitative estimate of drug-likeness (QED) is 0.263. The number of nitrogens with one attached hydrogen (secondary N) is 2. The molecule has 0 radical (unpaired) electrons. The molecule has 3 aromatic rings. The van der Waals surface area contributed by atoms with Crippen molar-refractivity contribution in [2.75, 3.05) is 18.5 Å². The Morgan fingerprint density at radius 1 is 1.17 bits per heavy atom. The number of urea groups is 1. The van der Waals surface area contributed by atoms with Crippen molar-refractivity contribution in [1.29, 1.82) is 0 Å². The summed E-state index contributed by atoms with van der Waals surface area (Å²) in [5.74, 6) is -2.98. The van der Waals surface area contributed by atoms with Crippen LogP contribution in [0, 0.1) is 11.6 Å². The number of hydrogen-bond acceptors (Lipinski definition) is 5. The predicted molar refractivity (Wildman–Crippen MR) is 131 cm³/mol. The van der Waals surface area contributed by atoms with Crippen LogP contribution >= 0.6 is 0 Å². The fourth-order valence-electron chi connectivity index (χ4n) is 3.11. The zero-order valence-electron chi connectivity index (χ0n) is 19.9. The Morgan fingerprint density at radius 3 is 2.54 bits per heavy atom. The molecule has 3 rings (SSSR count). The molecule has 2 aromatic heterocycles. The standard InChI is InChI=1S/C23H29F2N5O4Si/c1-35(2,3)11-10-33-14-30-9-6-16-19(4-7-27-22(16)30)34-21-17(24)12-15(13-18(21)25)29-23(32)28-8-5-20(26)31/h4,6-7,9,12-13H,5,8,10-11,14H2,1-3H3,(H2,26,31)(H2,28,29,32). The van der Waals surface area contributed by atoms with Crippen molar-refractivity contribution in [3.05, 3.63) is 48.3 Å².